The van der Waals surface area contributed by atoms with Crippen molar-refractivity contribution in [1.29, 1.82) is 0 Å². The van der Waals surface area contributed by atoms with Gasteiger partial charge in [-0.3, -0.25) is 4.79 Å². The topological polar surface area (TPSA) is 41.1 Å². The molecule has 4 aliphatic carbocycles. The van der Waals surface area contributed by atoms with Crippen LogP contribution in [-0.4, -0.2) is 25.5 Å². The molecule has 5 aliphatic rings. The Hall–Kier alpha value is -0.280. The van der Waals surface area contributed by atoms with Crippen molar-refractivity contribution in [3.05, 3.63) is 0 Å². The summed E-state index contributed by atoms with van der Waals surface area (Å²) in [6.45, 7) is 10.3. The maximum atomic E-state index is 13.2. The van der Waals surface area contributed by atoms with Gasteiger partial charge in [-0.25, -0.2) is 0 Å². The van der Waals surface area contributed by atoms with Gasteiger partial charge in [0.25, 0.3) is 0 Å². The average molecular weight is 355 g/mol. The van der Waals surface area contributed by atoms with Crippen molar-refractivity contribution >= 4 is 18.3 Å². The number of nitrogens with one attached hydrogen (secondary N) is 2. The SMILES string of the molecule is CC1(CNC(=O)C23CC4CC(C)(CC(C)(C4)C2)C3)CCNCC1.Cl. The van der Waals surface area contributed by atoms with Gasteiger partial charge in [0.05, 0.1) is 5.41 Å². The van der Waals surface area contributed by atoms with Crippen LogP contribution in [0.1, 0.15) is 72.1 Å². The maximum Gasteiger partial charge on any atom is 0.226 e. The molecule has 2 unspecified atom stereocenters. The zero-order valence-corrected chi connectivity index (χ0v) is 16.5. The van der Waals surface area contributed by atoms with Crippen LogP contribution in [0.25, 0.3) is 0 Å². The molecule has 1 aliphatic heterocycles. The van der Waals surface area contributed by atoms with E-state index in [4.69, 9.17) is 0 Å². The Morgan fingerprint density at radius 1 is 1.00 bits per heavy atom. The van der Waals surface area contributed by atoms with E-state index in [0.29, 0.717) is 16.7 Å². The summed E-state index contributed by atoms with van der Waals surface area (Å²) in [5, 5.41) is 6.85. The van der Waals surface area contributed by atoms with Crippen LogP contribution in [0.3, 0.4) is 0 Å². The highest BCUT2D eigenvalue weighted by Crippen LogP contribution is 2.69. The lowest BCUT2D eigenvalue weighted by atomic mass is 9.40. The van der Waals surface area contributed by atoms with E-state index in [2.05, 4.69) is 31.4 Å². The monoisotopic (exact) mass is 354 g/mol. The fourth-order valence-electron chi connectivity index (χ4n) is 7.39. The van der Waals surface area contributed by atoms with Gasteiger partial charge in [-0.15, -0.1) is 12.4 Å². The summed E-state index contributed by atoms with van der Waals surface area (Å²) in [7, 11) is 0. The zero-order chi connectivity index (χ0) is 16.3. The number of carbonyl (C=O) groups excluding carboxylic acids is 1. The molecular weight excluding hydrogens is 320 g/mol. The molecule has 0 radical (unpaired) electrons. The van der Waals surface area contributed by atoms with Crippen LogP contribution in [0.15, 0.2) is 0 Å². The second-order valence-electron chi connectivity index (χ2n) is 10.7. The number of amides is 1. The van der Waals surface area contributed by atoms with Crippen molar-refractivity contribution < 1.29 is 4.79 Å². The Balaban J connectivity index is 0.00000169. The van der Waals surface area contributed by atoms with E-state index in [9.17, 15) is 4.79 Å². The number of rotatable bonds is 3. The van der Waals surface area contributed by atoms with Crippen LogP contribution >= 0.6 is 12.4 Å². The van der Waals surface area contributed by atoms with E-state index in [-0.39, 0.29) is 23.2 Å². The normalized spacial score (nSPS) is 45.5. The summed E-state index contributed by atoms with van der Waals surface area (Å²) in [5.41, 5.74) is 1.08. The first kappa shape index (κ1) is 18.5. The van der Waals surface area contributed by atoms with Gasteiger partial charge in [0.15, 0.2) is 0 Å². The highest BCUT2D eigenvalue weighted by Gasteiger charge is 2.62. The lowest BCUT2D eigenvalue weighted by Gasteiger charge is -2.64. The van der Waals surface area contributed by atoms with Crippen LogP contribution in [0.5, 0.6) is 0 Å². The molecule has 4 saturated carbocycles. The second kappa shape index (κ2) is 5.87. The predicted octanol–water partition coefficient (Wildman–Crippen LogP) is 3.91. The molecule has 3 nitrogen and oxygen atoms in total. The Morgan fingerprint density at radius 2 is 1.58 bits per heavy atom. The molecule has 1 heterocycles. The summed E-state index contributed by atoms with van der Waals surface area (Å²) >= 11 is 0. The van der Waals surface area contributed by atoms with Crippen LogP contribution < -0.4 is 10.6 Å². The van der Waals surface area contributed by atoms with Crippen molar-refractivity contribution in [3.8, 4) is 0 Å². The minimum atomic E-state index is -0.0494. The number of halogens is 1. The molecule has 0 aromatic heterocycles. The number of hydrogen-bond donors (Lipinski definition) is 2. The van der Waals surface area contributed by atoms with Gasteiger partial charge in [0.2, 0.25) is 5.91 Å². The van der Waals surface area contributed by atoms with Crippen LogP contribution in [0.2, 0.25) is 0 Å². The van der Waals surface area contributed by atoms with Crippen molar-refractivity contribution in [3.63, 3.8) is 0 Å². The third-order valence-electron chi connectivity index (χ3n) is 7.59. The van der Waals surface area contributed by atoms with Gasteiger partial charge >= 0.3 is 0 Å². The van der Waals surface area contributed by atoms with E-state index in [1.54, 1.807) is 0 Å². The molecule has 138 valence electrons. The fraction of sp³-hybridized carbons (Fsp3) is 0.950. The molecule has 24 heavy (non-hydrogen) atoms. The first-order valence-corrected chi connectivity index (χ1v) is 9.73. The molecule has 4 bridgehead atoms. The summed E-state index contributed by atoms with van der Waals surface area (Å²) in [4.78, 5) is 13.2. The molecule has 1 amide bonds. The third kappa shape index (κ3) is 3.11. The largest absolute Gasteiger partial charge is 0.355 e. The number of carbonyl (C=O) groups is 1. The Kier molecular flexibility index (Phi) is 4.53. The van der Waals surface area contributed by atoms with Crippen molar-refractivity contribution in [2.24, 2.45) is 27.6 Å². The molecule has 0 spiro atoms. The van der Waals surface area contributed by atoms with Crippen LogP contribution in [0, 0.1) is 27.6 Å². The van der Waals surface area contributed by atoms with Gasteiger partial charge in [-0.05, 0) is 86.6 Å². The van der Waals surface area contributed by atoms with Crippen molar-refractivity contribution in [1.82, 2.24) is 10.6 Å². The summed E-state index contributed by atoms with van der Waals surface area (Å²) in [5.74, 6) is 1.18. The van der Waals surface area contributed by atoms with Gasteiger partial charge < -0.3 is 10.6 Å². The Morgan fingerprint density at radius 3 is 2.12 bits per heavy atom. The molecule has 5 fully saturated rings. The van der Waals surface area contributed by atoms with E-state index in [1.807, 2.05) is 0 Å². The van der Waals surface area contributed by atoms with E-state index in [1.165, 1.54) is 32.1 Å². The maximum absolute atomic E-state index is 13.2. The van der Waals surface area contributed by atoms with E-state index >= 15 is 0 Å². The summed E-state index contributed by atoms with van der Waals surface area (Å²) in [6.07, 6.45) is 9.85. The predicted molar refractivity (Wildman–Crippen MR) is 100 cm³/mol. The molecule has 4 heteroatoms. The molecule has 0 aromatic carbocycles. The minimum absolute atomic E-state index is 0. The van der Waals surface area contributed by atoms with Gasteiger partial charge in [-0.1, -0.05) is 20.8 Å². The lowest BCUT2D eigenvalue weighted by Crippen LogP contribution is -2.60. The van der Waals surface area contributed by atoms with Crippen LogP contribution in [0.4, 0.5) is 0 Å². The molecule has 1 saturated heterocycles. The summed E-state index contributed by atoms with van der Waals surface area (Å²) < 4.78 is 0. The molecule has 2 atom stereocenters. The van der Waals surface area contributed by atoms with Gasteiger partial charge in [0, 0.05) is 6.54 Å². The lowest BCUT2D eigenvalue weighted by molar-refractivity contribution is -0.170. The Bertz CT molecular complexity index is 496. The number of piperidine rings is 1. The second-order valence-corrected chi connectivity index (χ2v) is 10.7. The van der Waals surface area contributed by atoms with Gasteiger partial charge in [-0.2, -0.15) is 0 Å². The Labute approximate surface area is 153 Å². The smallest absolute Gasteiger partial charge is 0.226 e. The molecular formula is C20H35ClN2O. The first-order chi connectivity index (χ1) is 10.7. The van der Waals surface area contributed by atoms with E-state index < -0.39 is 0 Å². The molecule has 0 aromatic rings. The quantitative estimate of drug-likeness (QED) is 0.806. The highest BCUT2D eigenvalue weighted by atomic mass is 35.5. The van der Waals surface area contributed by atoms with Crippen molar-refractivity contribution in [2.75, 3.05) is 19.6 Å². The molecule has 5 rings (SSSR count). The van der Waals surface area contributed by atoms with Crippen LogP contribution in [-0.2, 0) is 4.79 Å². The zero-order valence-electron chi connectivity index (χ0n) is 15.7. The fourth-order valence-corrected chi connectivity index (χ4v) is 7.39. The standard InChI is InChI=1S/C20H34N2O.ClH/c1-17(4-6-21-7-5-17)14-22-16(23)20-10-15-8-18(2,12-20)11-19(3,9-15)13-20;/h15,21H,4-14H2,1-3H3,(H,22,23);1H. The highest BCUT2D eigenvalue weighted by molar-refractivity contribution is 5.85. The number of hydrogen-bond acceptors (Lipinski definition) is 2. The third-order valence-corrected chi connectivity index (χ3v) is 7.59. The first-order valence-electron chi connectivity index (χ1n) is 9.73. The molecule has 2 N–H and O–H groups in total. The van der Waals surface area contributed by atoms with Crippen molar-refractivity contribution in [2.45, 2.75) is 72.1 Å². The average Bonchev–Trinajstić information content (AvgIpc) is 2.41. The van der Waals surface area contributed by atoms with E-state index in [0.717, 1.165) is 44.8 Å². The minimum Gasteiger partial charge on any atom is -0.355 e. The van der Waals surface area contributed by atoms with Gasteiger partial charge in [0.1, 0.15) is 0 Å². The summed E-state index contributed by atoms with van der Waals surface area (Å²) in [6, 6.07) is 0.